The summed E-state index contributed by atoms with van der Waals surface area (Å²) in [4.78, 5) is 13.2. The molecule has 1 atom stereocenters. The monoisotopic (exact) mass is 361 g/mol. The van der Waals surface area contributed by atoms with E-state index in [1.807, 2.05) is 93.6 Å². The van der Waals surface area contributed by atoms with Crippen LogP contribution in [0, 0.1) is 20.8 Å². The smallest absolute Gasteiger partial charge is 0.234 e. The Bertz CT molecular complexity index is 884. The molecule has 3 aromatic rings. The van der Waals surface area contributed by atoms with Crippen molar-refractivity contribution in [1.29, 1.82) is 0 Å². The van der Waals surface area contributed by atoms with Crippen LogP contribution in [0.2, 0.25) is 0 Å². The lowest BCUT2D eigenvalue weighted by Gasteiger charge is -2.10. The average Bonchev–Trinajstić information content (AvgIpc) is 2.62. The highest BCUT2D eigenvalue weighted by atomic mass is 31.1. The summed E-state index contributed by atoms with van der Waals surface area (Å²) >= 11 is 0. The number of carbonyl (C=O) groups excluding carboxylic acids is 1. The molecule has 0 spiro atoms. The van der Waals surface area contributed by atoms with Gasteiger partial charge in [-0.15, -0.1) is 0 Å². The molecule has 0 saturated carbocycles. The van der Waals surface area contributed by atoms with Crippen LogP contribution in [0.3, 0.4) is 0 Å². The van der Waals surface area contributed by atoms with E-state index in [-0.39, 0.29) is 5.52 Å². The summed E-state index contributed by atoms with van der Waals surface area (Å²) in [6.45, 7) is 5.83. The van der Waals surface area contributed by atoms with Crippen LogP contribution in [-0.4, -0.2) is 5.52 Å². The Morgan fingerprint density at radius 2 is 1.19 bits per heavy atom. The lowest BCUT2D eigenvalue weighted by Crippen LogP contribution is -2.06. The van der Waals surface area contributed by atoms with Gasteiger partial charge in [-0.2, -0.15) is 0 Å². The maximum atomic E-state index is 13.4. The zero-order valence-corrected chi connectivity index (χ0v) is 16.2. The maximum Gasteiger partial charge on any atom is 0.432 e. The van der Waals surface area contributed by atoms with Crippen LogP contribution < -0.4 is 0 Å². The standard InChI is InChI=1S/C23H22O2P/c1-16-14-17(2)21(18(3)15-16)23(24)26(25)22(19-10-6-4-7-11-19)20-12-8-5-9-13-20/h4-15,22H,1-3H3/q+1. The van der Waals surface area contributed by atoms with E-state index in [0.29, 0.717) is 5.56 Å². The highest BCUT2D eigenvalue weighted by Gasteiger charge is 2.42. The summed E-state index contributed by atoms with van der Waals surface area (Å²) in [6.07, 6.45) is 0. The Balaban J connectivity index is 2.08. The first kappa shape index (κ1) is 18.2. The molecule has 0 radical (unpaired) electrons. The third kappa shape index (κ3) is 3.66. The van der Waals surface area contributed by atoms with Crippen molar-refractivity contribution in [2.24, 2.45) is 0 Å². The highest BCUT2D eigenvalue weighted by molar-refractivity contribution is 7.65. The molecule has 3 heteroatoms. The van der Waals surface area contributed by atoms with Crippen molar-refractivity contribution in [3.8, 4) is 0 Å². The second-order valence-corrected chi connectivity index (χ2v) is 8.20. The Hall–Kier alpha value is -2.57. The largest absolute Gasteiger partial charge is 0.432 e. The Labute approximate surface area is 155 Å². The van der Waals surface area contributed by atoms with Crippen molar-refractivity contribution >= 4 is 13.3 Å². The molecule has 0 heterocycles. The topological polar surface area (TPSA) is 34.1 Å². The van der Waals surface area contributed by atoms with Crippen LogP contribution in [0.1, 0.15) is 43.8 Å². The van der Waals surface area contributed by atoms with E-state index in [1.165, 1.54) is 0 Å². The number of hydrogen-bond donors (Lipinski definition) is 0. The molecule has 26 heavy (non-hydrogen) atoms. The van der Waals surface area contributed by atoms with Crippen LogP contribution >= 0.6 is 7.80 Å². The van der Waals surface area contributed by atoms with Crippen molar-refractivity contribution in [2.45, 2.75) is 26.4 Å². The molecule has 1 unspecified atom stereocenters. The summed E-state index contributed by atoms with van der Waals surface area (Å²) in [5.41, 5.74) is 4.55. The van der Waals surface area contributed by atoms with Crippen LogP contribution in [0.25, 0.3) is 0 Å². The van der Waals surface area contributed by atoms with E-state index in [4.69, 9.17) is 0 Å². The van der Waals surface area contributed by atoms with Gasteiger partial charge in [-0.3, -0.25) is 0 Å². The van der Waals surface area contributed by atoms with Crippen LogP contribution in [-0.2, 0) is 4.57 Å². The lowest BCUT2D eigenvalue weighted by molar-refractivity contribution is 0.107. The van der Waals surface area contributed by atoms with Crippen molar-refractivity contribution in [2.75, 3.05) is 0 Å². The average molecular weight is 361 g/mol. The number of carbonyl (C=O) groups is 1. The molecule has 0 saturated heterocycles. The Morgan fingerprint density at radius 1 is 0.769 bits per heavy atom. The first-order valence-electron chi connectivity index (χ1n) is 8.67. The van der Waals surface area contributed by atoms with E-state index in [9.17, 15) is 9.36 Å². The van der Waals surface area contributed by atoms with Crippen molar-refractivity contribution < 1.29 is 9.36 Å². The number of hydrogen-bond acceptors (Lipinski definition) is 2. The summed E-state index contributed by atoms with van der Waals surface area (Å²) in [5.74, 6) is 0. The minimum atomic E-state index is -2.16. The molecule has 130 valence electrons. The fraction of sp³-hybridized carbons (Fsp3) is 0.174. The maximum absolute atomic E-state index is 13.4. The van der Waals surface area contributed by atoms with Gasteiger partial charge in [0.05, 0.1) is 5.56 Å². The summed E-state index contributed by atoms with van der Waals surface area (Å²) < 4.78 is 13.4. The van der Waals surface area contributed by atoms with Gasteiger partial charge in [-0.25, -0.2) is 4.79 Å². The van der Waals surface area contributed by atoms with E-state index >= 15 is 0 Å². The van der Waals surface area contributed by atoms with Gasteiger partial charge in [-0.05, 0) is 31.9 Å². The molecule has 0 N–H and O–H groups in total. The first-order valence-corrected chi connectivity index (χ1v) is 10.0. The van der Waals surface area contributed by atoms with Crippen LogP contribution in [0.4, 0.5) is 0 Å². The fourth-order valence-corrected chi connectivity index (χ4v) is 5.17. The molecule has 0 fully saturated rings. The Morgan fingerprint density at radius 3 is 1.62 bits per heavy atom. The highest BCUT2D eigenvalue weighted by Crippen LogP contribution is 2.48. The minimum Gasteiger partial charge on any atom is -0.234 e. The molecular weight excluding hydrogens is 339 g/mol. The van der Waals surface area contributed by atoms with Crippen molar-refractivity contribution in [3.63, 3.8) is 0 Å². The predicted molar refractivity (Wildman–Crippen MR) is 107 cm³/mol. The quantitative estimate of drug-likeness (QED) is 0.495. The number of rotatable bonds is 5. The van der Waals surface area contributed by atoms with Crippen LogP contribution in [0.15, 0.2) is 72.8 Å². The van der Waals surface area contributed by atoms with Gasteiger partial charge in [0.15, 0.2) is 0 Å². The van der Waals surface area contributed by atoms with E-state index in [0.717, 1.165) is 27.8 Å². The minimum absolute atomic E-state index is 0.271. The molecule has 0 aliphatic carbocycles. The van der Waals surface area contributed by atoms with Crippen molar-refractivity contribution in [1.82, 2.24) is 0 Å². The second-order valence-electron chi connectivity index (χ2n) is 6.63. The zero-order valence-electron chi connectivity index (χ0n) is 15.3. The van der Waals surface area contributed by atoms with E-state index < -0.39 is 13.5 Å². The predicted octanol–water partition coefficient (Wildman–Crippen LogP) is 6.37. The normalized spacial score (nSPS) is 11.5. The van der Waals surface area contributed by atoms with Gasteiger partial charge in [0.1, 0.15) is 0 Å². The van der Waals surface area contributed by atoms with Crippen LogP contribution in [0.5, 0.6) is 0 Å². The van der Waals surface area contributed by atoms with Crippen molar-refractivity contribution in [3.05, 3.63) is 106 Å². The number of aryl methyl sites for hydroxylation is 3. The zero-order chi connectivity index (χ0) is 18.7. The Kier molecular flexibility index (Phi) is 5.44. The molecule has 0 aliphatic heterocycles. The van der Waals surface area contributed by atoms with Gasteiger partial charge in [-0.1, -0.05) is 82.9 Å². The molecule has 2 nitrogen and oxygen atoms in total. The van der Waals surface area contributed by atoms with Gasteiger partial charge >= 0.3 is 13.3 Å². The SMILES string of the molecule is Cc1cc(C)c(C(=O)[P+](=O)C(c2ccccc2)c2ccccc2)c(C)c1. The fourth-order valence-electron chi connectivity index (χ4n) is 3.48. The second kappa shape index (κ2) is 7.76. The van der Waals surface area contributed by atoms with E-state index in [1.54, 1.807) is 0 Å². The number of benzene rings is 3. The molecule has 0 bridgehead atoms. The van der Waals surface area contributed by atoms with Gasteiger partial charge < -0.3 is 0 Å². The van der Waals surface area contributed by atoms with Gasteiger partial charge in [0.2, 0.25) is 5.66 Å². The summed E-state index contributed by atoms with van der Waals surface area (Å²) in [5, 5.41) is 0. The molecule has 3 rings (SSSR count). The summed E-state index contributed by atoms with van der Waals surface area (Å²) in [6, 6.07) is 23.2. The third-order valence-corrected chi connectivity index (χ3v) is 6.25. The van der Waals surface area contributed by atoms with E-state index in [2.05, 4.69) is 0 Å². The summed E-state index contributed by atoms with van der Waals surface area (Å²) in [7, 11) is -2.16. The molecule has 3 aromatic carbocycles. The molecule has 0 aliphatic rings. The third-order valence-electron chi connectivity index (χ3n) is 4.56. The van der Waals surface area contributed by atoms with Gasteiger partial charge in [0.25, 0.3) is 0 Å². The first-order chi connectivity index (χ1) is 12.5. The van der Waals surface area contributed by atoms with Gasteiger partial charge in [0, 0.05) is 11.1 Å². The molecular formula is C23H22O2P+. The lowest BCUT2D eigenvalue weighted by atomic mass is 10.0. The molecule has 0 aromatic heterocycles. The molecule has 0 amide bonds.